The predicted molar refractivity (Wildman–Crippen MR) is 84.5 cm³/mol. The van der Waals surface area contributed by atoms with Crippen molar-refractivity contribution in [1.82, 2.24) is 15.5 Å². The molecule has 0 aliphatic rings. The van der Waals surface area contributed by atoms with Gasteiger partial charge in [-0.15, -0.1) is 0 Å². The summed E-state index contributed by atoms with van der Waals surface area (Å²) >= 11 is 0. The molecular weight excluding hydrogens is 270 g/mol. The molecule has 0 aromatic carbocycles. The summed E-state index contributed by atoms with van der Waals surface area (Å²) in [4.78, 5) is 24.9. The number of carboxylic acid groups (broad SMARTS) is 1. The number of hydrogen-bond donors (Lipinski definition) is 3. The average molecular weight is 301 g/mol. The van der Waals surface area contributed by atoms with Gasteiger partial charge in [0, 0.05) is 11.6 Å². The number of carbonyl (C=O) groups is 2. The summed E-state index contributed by atoms with van der Waals surface area (Å²) in [5.41, 5.74) is -0.753. The Labute approximate surface area is 128 Å². The number of nitrogens with zero attached hydrogens (tertiary/aromatic N) is 1. The molecule has 0 fully saturated rings. The maximum Gasteiger partial charge on any atom is 0.315 e. The molecular formula is C15H31N3O3. The van der Waals surface area contributed by atoms with E-state index in [0.29, 0.717) is 0 Å². The molecule has 0 aromatic rings. The van der Waals surface area contributed by atoms with E-state index in [9.17, 15) is 9.59 Å². The summed E-state index contributed by atoms with van der Waals surface area (Å²) in [5, 5.41) is 14.3. The molecule has 0 heterocycles. The number of rotatable bonds is 10. The average Bonchev–Trinajstić information content (AvgIpc) is 2.31. The third-order valence-electron chi connectivity index (χ3n) is 3.43. The van der Waals surface area contributed by atoms with Crippen LogP contribution >= 0.6 is 0 Å². The normalized spacial score (nSPS) is 13.0. The lowest BCUT2D eigenvalue weighted by molar-refractivity contribution is -0.138. The summed E-state index contributed by atoms with van der Waals surface area (Å²) in [7, 11) is 0. The molecule has 21 heavy (non-hydrogen) atoms. The van der Waals surface area contributed by atoms with Crippen molar-refractivity contribution in [3.63, 3.8) is 0 Å². The Morgan fingerprint density at radius 3 is 2.29 bits per heavy atom. The van der Waals surface area contributed by atoms with Gasteiger partial charge in [-0.1, -0.05) is 13.8 Å². The second kappa shape index (κ2) is 9.60. The highest BCUT2D eigenvalue weighted by molar-refractivity contribution is 5.76. The van der Waals surface area contributed by atoms with Gasteiger partial charge in [-0.25, -0.2) is 4.79 Å². The van der Waals surface area contributed by atoms with Gasteiger partial charge < -0.3 is 20.6 Å². The van der Waals surface area contributed by atoms with E-state index in [1.807, 2.05) is 6.92 Å². The summed E-state index contributed by atoms with van der Waals surface area (Å²) < 4.78 is 0. The van der Waals surface area contributed by atoms with Crippen LogP contribution in [-0.4, -0.2) is 53.2 Å². The first kappa shape index (κ1) is 19.7. The van der Waals surface area contributed by atoms with E-state index in [4.69, 9.17) is 5.11 Å². The molecule has 0 aromatic heterocycles. The Morgan fingerprint density at radius 2 is 1.81 bits per heavy atom. The topological polar surface area (TPSA) is 81.7 Å². The van der Waals surface area contributed by atoms with Crippen molar-refractivity contribution in [2.24, 2.45) is 0 Å². The van der Waals surface area contributed by atoms with Gasteiger partial charge >= 0.3 is 12.0 Å². The largest absolute Gasteiger partial charge is 0.481 e. The van der Waals surface area contributed by atoms with Gasteiger partial charge in [0.05, 0.1) is 6.42 Å². The third kappa shape index (κ3) is 10.1. The zero-order valence-electron chi connectivity index (χ0n) is 14.0. The molecule has 6 heteroatoms. The van der Waals surface area contributed by atoms with Gasteiger partial charge in [-0.2, -0.15) is 0 Å². The Balaban J connectivity index is 4.01. The molecule has 0 rings (SSSR count). The molecule has 124 valence electrons. The van der Waals surface area contributed by atoms with Gasteiger partial charge in [-0.05, 0) is 53.2 Å². The van der Waals surface area contributed by atoms with Crippen LogP contribution in [-0.2, 0) is 4.79 Å². The number of urea groups is 1. The van der Waals surface area contributed by atoms with Crippen molar-refractivity contribution >= 4 is 12.0 Å². The highest BCUT2D eigenvalue weighted by Crippen LogP contribution is 2.08. The number of aliphatic carboxylic acids is 1. The van der Waals surface area contributed by atoms with E-state index in [1.54, 1.807) is 13.8 Å². The van der Waals surface area contributed by atoms with Crippen molar-refractivity contribution in [3.8, 4) is 0 Å². The lowest BCUT2D eigenvalue weighted by Crippen LogP contribution is -2.51. The smallest absolute Gasteiger partial charge is 0.315 e. The first-order chi connectivity index (χ1) is 9.70. The number of amides is 2. The molecule has 6 nitrogen and oxygen atoms in total. The lowest BCUT2D eigenvalue weighted by Gasteiger charge is -2.26. The first-order valence-corrected chi connectivity index (χ1v) is 7.73. The van der Waals surface area contributed by atoms with Crippen LogP contribution in [0.25, 0.3) is 0 Å². The molecule has 3 N–H and O–H groups in total. The van der Waals surface area contributed by atoms with E-state index >= 15 is 0 Å². The quantitative estimate of drug-likeness (QED) is 0.577. The zero-order valence-corrected chi connectivity index (χ0v) is 14.0. The van der Waals surface area contributed by atoms with Crippen LogP contribution in [0.5, 0.6) is 0 Å². The summed E-state index contributed by atoms with van der Waals surface area (Å²) in [5.74, 6) is -0.924. The third-order valence-corrected chi connectivity index (χ3v) is 3.43. The minimum absolute atomic E-state index is 0.0705. The fraction of sp³-hybridized carbons (Fsp3) is 0.867. The molecule has 0 saturated heterocycles. The van der Waals surface area contributed by atoms with Crippen LogP contribution < -0.4 is 10.6 Å². The molecule has 1 unspecified atom stereocenters. The number of carbonyl (C=O) groups excluding carboxylic acids is 1. The van der Waals surface area contributed by atoms with E-state index in [0.717, 1.165) is 32.5 Å². The van der Waals surface area contributed by atoms with E-state index in [-0.39, 0.29) is 18.5 Å². The molecule has 2 amide bonds. The molecule has 0 spiro atoms. The molecule has 0 radical (unpaired) electrons. The van der Waals surface area contributed by atoms with Crippen LogP contribution in [0.15, 0.2) is 0 Å². The van der Waals surface area contributed by atoms with Crippen LogP contribution in [0.2, 0.25) is 0 Å². The van der Waals surface area contributed by atoms with Crippen LogP contribution in [0.1, 0.15) is 53.9 Å². The van der Waals surface area contributed by atoms with Crippen LogP contribution in [0.3, 0.4) is 0 Å². The first-order valence-electron chi connectivity index (χ1n) is 7.73. The highest BCUT2D eigenvalue weighted by atomic mass is 16.4. The Kier molecular flexibility index (Phi) is 9.01. The van der Waals surface area contributed by atoms with Crippen LogP contribution in [0, 0.1) is 0 Å². The molecule has 0 bridgehead atoms. The van der Waals surface area contributed by atoms with E-state index in [2.05, 4.69) is 29.4 Å². The SMILES string of the molecule is CCN(CC)CCCC(C)NC(=O)NC(C)(C)CC(=O)O. The lowest BCUT2D eigenvalue weighted by atomic mass is 10.0. The Bertz CT molecular complexity index is 328. The van der Waals surface area contributed by atoms with Gasteiger partial charge in [0.1, 0.15) is 0 Å². The van der Waals surface area contributed by atoms with E-state index < -0.39 is 11.5 Å². The maximum atomic E-state index is 11.8. The number of nitrogens with one attached hydrogen (secondary N) is 2. The summed E-state index contributed by atoms with van der Waals surface area (Å²) in [6.45, 7) is 12.8. The molecule has 1 atom stereocenters. The summed E-state index contributed by atoms with van der Waals surface area (Å²) in [6, 6.07) is -0.238. The fourth-order valence-electron chi connectivity index (χ4n) is 2.22. The van der Waals surface area contributed by atoms with E-state index in [1.165, 1.54) is 0 Å². The molecule has 0 saturated carbocycles. The second-order valence-corrected chi connectivity index (χ2v) is 6.12. The minimum Gasteiger partial charge on any atom is -0.481 e. The maximum absolute atomic E-state index is 11.8. The van der Waals surface area contributed by atoms with Crippen molar-refractivity contribution < 1.29 is 14.7 Å². The van der Waals surface area contributed by atoms with Crippen molar-refractivity contribution in [3.05, 3.63) is 0 Å². The Hall–Kier alpha value is -1.30. The monoisotopic (exact) mass is 301 g/mol. The number of hydrogen-bond acceptors (Lipinski definition) is 3. The van der Waals surface area contributed by atoms with Gasteiger partial charge in [0.2, 0.25) is 0 Å². The van der Waals surface area contributed by atoms with Crippen molar-refractivity contribution in [2.45, 2.75) is 65.5 Å². The van der Waals surface area contributed by atoms with Gasteiger partial charge in [-0.3, -0.25) is 4.79 Å². The minimum atomic E-state index is -0.924. The standard InChI is InChI=1S/C15H31N3O3/c1-6-18(7-2)10-8-9-12(3)16-14(21)17-15(4,5)11-13(19)20/h12H,6-11H2,1-5H3,(H,19,20)(H2,16,17,21). The van der Waals surface area contributed by atoms with Gasteiger partial charge in [0.15, 0.2) is 0 Å². The Morgan fingerprint density at radius 1 is 1.24 bits per heavy atom. The molecule has 0 aliphatic heterocycles. The predicted octanol–water partition coefficient (Wildman–Crippen LogP) is 2.05. The number of carboxylic acids is 1. The molecule has 0 aliphatic carbocycles. The fourth-order valence-corrected chi connectivity index (χ4v) is 2.22. The summed E-state index contributed by atoms with van der Waals surface area (Å²) in [6.07, 6.45) is 1.84. The second-order valence-electron chi connectivity index (χ2n) is 6.12. The van der Waals surface area contributed by atoms with Gasteiger partial charge in [0.25, 0.3) is 0 Å². The van der Waals surface area contributed by atoms with Crippen molar-refractivity contribution in [2.75, 3.05) is 19.6 Å². The van der Waals surface area contributed by atoms with Crippen LogP contribution in [0.4, 0.5) is 4.79 Å². The zero-order chi connectivity index (χ0) is 16.5. The highest BCUT2D eigenvalue weighted by Gasteiger charge is 2.24. The van der Waals surface area contributed by atoms with Crippen molar-refractivity contribution in [1.29, 1.82) is 0 Å².